The Labute approximate surface area is 155 Å². The highest BCUT2D eigenvalue weighted by Crippen LogP contribution is 2.44. The van der Waals surface area contributed by atoms with Crippen molar-refractivity contribution in [2.45, 2.75) is 37.8 Å². The molecule has 1 fully saturated rings. The van der Waals surface area contributed by atoms with Gasteiger partial charge in [0, 0.05) is 10.5 Å². The Hall–Kier alpha value is -1.68. The predicted molar refractivity (Wildman–Crippen MR) is 100 cm³/mol. The number of nitrogens with zero attached hydrogens (tertiary/aromatic N) is 4. The van der Waals surface area contributed by atoms with E-state index in [-0.39, 0.29) is 17.6 Å². The first kappa shape index (κ1) is 17.2. The van der Waals surface area contributed by atoms with Gasteiger partial charge >= 0.3 is 0 Å². The number of aliphatic imine (C=N–C) groups is 2. The van der Waals surface area contributed by atoms with Crippen molar-refractivity contribution in [1.29, 1.82) is 0 Å². The molecule has 1 aromatic carbocycles. The monoisotopic (exact) mass is 458 g/mol. The van der Waals surface area contributed by atoms with E-state index in [4.69, 9.17) is 11.5 Å². The molecule has 1 heterocycles. The standard InChI is InChI=1S/C14H16Br2N6O2/c15-8-7-11(22(23)24)9(16)6-10(8)21-13(18)19-12(17)20-14(21)4-2-1-3-5-14/h6-7H,1-5H2,(H4,17,18,19,20). The summed E-state index contributed by atoms with van der Waals surface area (Å²) in [5.41, 5.74) is 12.1. The number of nitro groups is 1. The van der Waals surface area contributed by atoms with Crippen molar-refractivity contribution >= 4 is 55.2 Å². The first-order valence-corrected chi connectivity index (χ1v) is 9.06. The van der Waals surface area contributed by atoms with Crippen LogP contribution in [0.2, 0.25) is 0 Å². The number of rotatable bonds is 2. The van der Waals surface area contributed by atoms with Gasteiger partial charge in [-0.2, -0.15) is 4.99 Å². The van der Waals surface area contributed by atoms with Crippen LogP contribution in [-0.2, 0) is 0 Å². The summed E-state index contributed by atoms with van der Waals surface area (Å²) in [5, 5.41) is 11.1. The molecule has 0 amide bonds. The summed E-state index contributed by atoms with van der Waals surface area (Å²) in [6.45, 7) is 0. The molecule has 1 spiro atoms. The third-order valence-corrected chi connectivity index (χ3v) is 5.58. The Bertz CT molecular complexity index is 758. The van der Waals surface area contributed by atoms with Crippen molar-refractivity contribution in [2.75, 3.05) is 4.90 Å². The van der Waals surface area contributed by atoms with Gasteiger partial charge in [0.15, 0.2) is 0 Å². The van der Waals surface area contributed by atoms with Crippen LogP contribution in [-0.4, -0.2) is 22.5 Å². The van der Waals surface area contributed by atoms with Crippen LogP contribution < -0.4 is 16.4 Å². The molecule has 0 saturated heterocycles. The van der Waals surface area contributed by atoms with E-state index in [0.717, 1.165) is 32.1 Å². The molecule has 128 valence electrons. The number of benzene rings is 1. The van der Waals surface area contributed by atoms with Gasteiger partial charge in [-0.25, -0.2) is 4.99 Å². The Morgan fingerprint density at radius 1 is 1.17 bits per heavy atom. The van der Waals surface area contributed by atoms with Gasteiger partial charge in [-0.15, -0.1) is 0 Å². The van der Waals surface area contributed by atoms with Gasteiger partial charge in [-0.05, 0) is 63.6 Å². The average molecular weight is 460 g/mol. The molecule has 0 radical (unpaired) electrons. The smallest absolute Gasteiger partial charge is 0.284 e. The molecule has 2 aliphatic rings. The SMILES string of the molecule is NC1=NC2(CCCCC2)N(c2cc(Br)c([N+](=O)[O-])cc2Br)C(N)=N1. The van der Waals surface area contributed by atoms with Crippen molar-refractivity contribution in [3.05, 3.63) is 31.2 Å². The minimum Gasteiger partial charge on any atom is -0.369 e. The van der Waals surface area contributed by atoms with Gasteiger partial charge in [0.25, 0.3) is 5.69 Å². The van der Waals surface area contributed by atoms with Gasteiger partial charge in [-0.3, -0.25) is 15.0 Å². The second-order valence-corrected chi connectivity index (χ2v) is 7.54. The molecule has 1 aliphatic heterocycles. The minimum absolute atomic E-state index is 0.0288. The molecule has 0 unspecified atom stereocenters. The summed E-state index contributed by atoms with van der Waals surface area (Å²) in [7, 11) is 0. The highest BCUT2D eigenvalue weighted by Gasteiger charge is 2.43. The number of hydrogen-bond donors (Lipinski definition) is 2. The minimum atomic E-state index is -0.591. The molecule has 10 heteroatoms. The van der Waals surface area contributed by atoms with E-state index in [0.29, 0.717) is 14.6 Å². The Morgan fingerprint density at radius 2 is 1.83 bits per heavy atom. The van der Waals surface area contributed by atoms with Gasteiger partial charge in [0.05, 0.1) is 15.1 Å². The predicted octanol–water partition coefficient (Wildman–Crippen LogP) is 3.23. The van der Waals surface area contributed by atoms with Crippen LogP contribution in [0, 0.1) is 10.1 Å². The van der Waals surface area contributed by atoms with E-state index < -0.39 is 10.6 Å². The maximum absolute atomic E-state index is 11.1. The van der Waals surface area contributed by atoms with Crippen LogP contribution in [0.1, 0.15) is 32.1 Å². The molecule has 4 N–H and O–H groups in total. The van der Waals surface area contributed by atoms with Crippen LogP contribution in [0.15, 0.2) is 31.1 Å². The van der Waals surface area contributed by atoms with Gasteiger partial charge in [-0.1, -0.05) is 6.42 Å². The lowest BCUT2D eigenvalue weighted by Crippen LogP contribution is -2.58. The molecule has 24 heavy (non-hydrogen) atoms. The van der Waals surface area contributed by atoms with Crippen LogP contribution in [0.25, 0.3) is 0 Å². The normalized spacial score (nSPS) is 19.8. The van der Waals surface area contributed by atoms with E-state index in [9.17, 15) is 10.1 Å². The Morgan fingerprint density at radius 3 is 2.46 bits per heavy atom. The topological polar surface area (TPSA) is 123 Å². The number of guanidine groups is 2. The second kappa shape index (κ2) is 6.32. The van der Waals surface area contributed by atoms with Crippen LogP contribution in [0.3, 0.4) is 0 Å². The summed E-state index contributed by atoms with van der Waals surface area (Å²) in [5.74, 6) is 0.411. The fourth-order valence-electron chi connectivity index (χ4n) is 3.31. The van der Waals surface area contributed by atoms with Gasteiger partial charge in [0.2, 0.25) is 11.9 Å². The summed E-state index contributed by atoms with van der Waals surface area (Å²) in [6.07, 6.45) is 4.74. The van der Waals surface area contributed by atoms with E-state index in [2.05, 4.69) is 41.8 Å². The molecule has 3 rings (SSSR count). The average Bonchev–Trinajstić information content (AvgIpc) is 2.50. The fourth-order valence-corrected chi connectivity index (χ4v) is 4.29. The van der Waals surface area contributed by atoms with Crippen LogP contribution in [0.4, 0.5) is 11.4 Å². The molecule has 1 aliphatic carbocycles. The van der Waals surface area contributed by atoms with Crippen molar-refractivity contribution in [2.24, 2.45) is 21.5 Å². The molecule has 0 bridgehead atoms. The number of halogens is 2. The van der Waals surface area contributed by atoms with Crippen molar-refractivity contribution < 1.29 is 4.92 Å². The first-order chi connectivity index (χ1) is 11.3. The third-order valence-electron chi connectivity index (χ3n) is 4.31. The zero-order valence-corrected chi connectivity index (χ0v) is 15.9. The number of nitro benzene ring substituents is 1. The lowest BCUT2D eigenvalue weighted by Gasteiger charge is -2.45. The molecule has 1 aromatic rings. The Balaban J connectivity index is 2.14. The van der Waals surface area contributed by atoms with E-state index in [1.165, 1.54) is 6.07 Å². The van der Waals surface area contributed by atoms with Gasteiger partial charge in [0.1, 0.15) is 5.66 Å². The third kappa shape index (κ3) is 2.88. The molecule has 1 saturated carbocycles. The fraction of sp³-hybridized carbons (Fsp3) is 0.429. The van der Waals surface area contributed by atoms with Crippen molar-refractivity contribution in [1.82, 2.24) is 0 Å². The summed E-state index contributed by atoms with van der Waals surface area (Å²) in [6, 6.07) is 3.11. The second-order valence-electron chi connectivity index (χ2n) is 5.83. The lowest BCUT2D eigenvalue weighted by atomic mass is 9.87. The van der Waals surface area contributed by atoms with E-state index >= 15 is 0 Å². The molecule has 8 nitrogen and oxygen atoms in total. The molecular weight excluding hydrogens is 444 g/mol. The number of nitrogens with two attached hydrogens (primary N) is 2. The maximum Gasteiger partial charge on any atom is 0.284 e. The zero-order valence-electron chi connectivity index (χ0n) is 12.7. The molecule has 0 atom stereocenters. The van der Waals surface area contributed by atoms with Crippen molar-refractivity contribution in [3.63, 3.8) is 0 Å². The van der Waals surface area contributed by atoms with E-state index in [1.807, 2.05) is 4.90 Å². The summed E-state index contributed by atoms with van der Waals surface area (Å²) < 4.78 is 0.920. The first-order valence-electron chi connectivity index (χ1n) is 7.47. The largest absolute Gasteiger partial charge is 0.369 e. The summed E-state index contributed by atoms with van der Waals surface area (Å²) in [4.78, 5) is 21.2. The Kier molecular flexibility index (Phi) is 4.52. The highest BCUT2D eigenvalue weighted by atomic mass is 79.9. The lowest BCUT2D eigenvalue weighted by molar-refractivity contribution is -0.385. The van der Waals surface area contributed by atoms with E-state index in [1.54, 1.807) is 6.07 Å². The van der Waals surface area contributed by atoms with Crippen LogP contribution in [0.5, 0.6) is 0 Å². The van der Waals surface area contributed by atoms with Gasteiger partial charge < -0.3 is 11.5 Å². The molecule has 0 aromatic heterocycles. The number of anilines is 1. The zero-order chi connectivity index (χ0) is 17.5. The van der Waals surface area contributed by atoms with Crippen LogP contribution >= 0.6 is 31.9 Å². The number of hydrogen-bond acceptors (Lipinski definition) is 7. The quantitative estimate of drug-likeness (QED) is 0.519. The molecular formula is C14H16Br2N6O2. The summed E-state index contributed by atoms with van der Waals surface area (Å²) >= 11 is 6.68. The maximum atomic E-state index is 11.1. The van der Waals surface area contributed by atoms with Crippen molar-refractivity contribution in [3.8, 4) is 0 Å². The highest BCUT2D eigenvalue weighted by molar-refractivity contribution is 9.11.